The Labute approximate surface area is 244 Å². The maximum Gasteiger partial charge on any atom is 0.435 e. The van der Waals surface area contributed by atoms with Gasteiger partial charge in [0.15, 0.2) is 5.69 Å². The summed E-state index contributed by atoms with van der Waals surface area (Å²) >= 11 is 1.27. The number of aromatic nitrogens is 3. The molecule has 2 aromatic carbocycles. The molecule has 0 radical (unpaired) electrons. The summed E-state index contributed by atoms with van der Waals surface area (Å²) in [6.45, 7) is -0.546. The second-order valence-electron chi connectivity index (χ2n) is 10.4. The molecule has 2 aliphatic rings. The highest BCUT2D eigenvalue weighted by Crippen LogP contribution is 2.59. The minimum atomic E-state index is -4.69. The van der Waals surface area contributed by atoms with Crippen molar-refractivity contribution in [3.05, 3.63) is 106 Å². The van der Waals surface area contributed by atoms with Crippen molar-refractivity contribution >= 4 is 23.6 Å². The third kappa shape index (κ3) is 5.24. The van der Waals surface area contributed by atoms with Crippen LogP contribution in [0.2, 0.25) is 0 Å². The summed E-state index contributed by atoms with van der Waals surface area (Å²) in [7, 11) is 0. The summed E-state index contributed by atoms with van der Waals surface area (Å²) in [5, 5.41) is 6.55. The molecule has 3 N–H and O–H groups in total. The summed E-state index contributed by atoms with van der Waals surface area (Å²) in [5.74, 6) is -4.54. The molecule has 3 heterocycles. The Kier molecular flexibility index (Phi) is 6.98. The van der Waals surface area contributed by atoms with E-state index in [9.17, 15) is 35.9 Å². The number of hydrogen-bond donors (Lipinski definition) is 2. The number of carbonyl (C=O) groups is 2. The first-order chi connectivity index (χ1) is 20.4. The molecule has 1 aliphatic carbocycles. The highest BCUT2D eigenvalue weighted by molar-refractivity contribution is 7.98. The second kappa shape index (κ2) is 10.4. The fraction of sp³-hybridized carbons (Fsp3) is 0.241. The fourth-order valence-electron chi connectivity index (χ4n) is 5.66. The number of thioether (sulfide) groups is 1. The lowest BCUT2D eigenvalue weighted by molar-refractivity contribution is -0.142. The van der Waals surface area contributed by atoms with E-state index in [1.807, 2.05) is 0 Å². The molecule has 43 heavy (non-hydrogen) atoms. The number of carbonyl (C=O) groups excluding carboxylic acids is 2. The van der Waals surface area contributed by atoms with Crippen LogP contribution in [0, 0.1) is 17.5 Å². The average molecular weight is 618 g/mol. The smallest absolute Gasteiger partial charge is 0.366 e. The minimum absolute atomic E-state index is 0.0353. The molecule has 7 nitrogen and oxygen atoms in total. The minimum Gasteiger partial charge on any atom is -0.366 e. The van der Waals surface area contributed by atoms with Crippen LogP contribution in [0.4, 0.5) is 26.3 Å². The standard InChI is InChI=1S/C29H21F6N5O2S/c30-16-6-15(7-17(31)9-16)21-10-28(21,25-18(2-1-5-37-25)14-3-4-22(32)19(8-14)27(36)42)38-24(41)11-40-23-13-43-12-20(23)26(39-40)29(33,34)35/h1-9,21H,10-13H2,(H2,36,42)(H,38,41). The summed E-state index contributed by atoms with van der Waals surface area (Å²) in [4.78, 5) is 29.8. The van der Waals surface area contributed by atoms with Gasteiger partial charge in [-0.15, -0.1) is 0 Å². The molecule has 2 aromatic heterocycles. The van der Waals surface area contributed by atoms with Crippen LogP contribution in [0.1, 0.15) is 50.9 Å². The topological polar surface area (TPSA) is 103 Å². The fourth-order valence-corrected chi connectivity index (χ4v) is 6.78. The predicted molar refractivity (Wildman–Crippen MR) is 144 cm³/mol. The third-order valence-corrected chi connectivity index (χ3v) is 8.57. The van der Waals surface area contributed by atoms with E-state index in [0.29, 0.717) is 22.9 Å². The van der Waals surface area contributed by atoms with Gasteiger partial charge in [0.1, 0.15) is 24.0 Å². The average Bonchev–Trinajstić information content (AvgIpc) is 3.26. The van der Waals surface area contributed by atoms with Crippen molar-refractivity contribution in [1.82, 2.24) is 20.1 Å². The first-order valence-electron chi connectivity index (χ1n) is 12.9. The first-order valence-corrected chi connectivity index (χ1v) is 14.1. The van der Waals surface area contributed by atoms with Gasteiger partial charge in [-0.25, -0.2) is 13.2 Å². The zero-order valence-electron chi connectivity index (χ0n) is 22.0. The quantitative estimate of drug-likeness (QED) is 0.270. The van der Waals surface area contributed by atoms with Gasteiger partial charge in [0.2, 0.25) is 5.91 Å². The molecule has 222 valence electrons. The van der Waals surface area contributed by atoms with Gasteiger partial charge in [0, 0.05) is 40.8 Å². The van der Waals surface area contributed by atoms with Crippen LogP contribution in [0.25, 0.3) is 11.1 Å². The van der Waals surface area contributed by atoms with E-state index in [0.717, 1.165) is 22.9 Å². The SMILES string of the molecule is NC(=O)c1cc(-c2cccnc2C2(NC(=O)Cn3nc(C(F)(F)F)c4c3CSC4)CC2c2cc(F)cc(F)c2)ccc1F. The van der Waals surface area contributed by atoms with Crippen LogP contribution < -0.4 is 11.1 Å². The molecule has 0 bridgehead atoms. The van der Waals surface area contributed by atoms with Gasteiger partial charge in [0.25, 0.3) is 5.91 Å². The lowest BCUT2D eigenvalue weighted by Gasteiger charge is -2.23. The lowest BCUT2D eigenvalue weighted by Crippen LogP contribution is -2.39. The molecule has 1 aliphatic heterocycles. The van der Waals surface area contributed by atoms with E-state index in [1.165, 1.54) is 30.1 Å². The summed E-state index contributed by atoms with van der Waals surface area (Å²) in [5.41, 5.74) is 4.07. The van der Waals surface area contributed by atoms with E-state index >= 15 is 0 Å². The Balaban J connectivity index is 1.41. The number of halogens is 6. The highest BCUT2D eigenvalue weighted by atomic mass is 32.2. The Bertz CT molecular complexity index is 1770. The van der Waals surface area contributed by atoms with Gasteiger partial charge in [-0.05, 0) is 47.9 Å². The molecule has 0 spiro atoms. The molecule has 0 saturated heterocycles. The molecule has 2 unspecified atom stereocenters. The van der Waals surface area contributed by atoms with Crippen molar-refractivity contribution in [2.24, 2.45) is 5.73 Å². The van der Waals surface area contributed by atoms with Gasteiger partial charge >= 0.3 is 6.18 Å². The maximum absolute atomic E-state index is 14.3. The number of amides is 2. The van der Waals surface area contributed by atoms with Crippen molar-refractivity contribution in [2.75, 3.05) is 0 Å². The molecular formula is C29H21F6N5O2S. The predicted octanol–water partition coefficient (Wildman–Crippen LogP) is 5.43. The van der Waals surface area contributed by atoms with E-state index in [2.05, 4.69) is 15.4 Å². The normalized spacial score (nSPS) is 19.3. The molecule has 1 fully saturated rings. The van der Waals surface area contributed by atoms with E-state index < -0.39 is 59.1 Å². The van der Waals surface area contributed by atoms with Gasteiger partial charge < -0.3 is 11.1 Å². The number of hydrogen-bond acceptors (Lipinski definition) is 5. The number of fused-ring (bicyclic) bond motifs is 1. The number of nitrogens with zero attached hydrogens (tertiary/aromatic N) is 3. The van der Waals surface area contributed by atoms with Crippen molar-refractivity contribution < 1.29 is 35.9 Å². The van der Waals surface area contributed by atoms with E-state index in [1.54, 1.807) is 12.1 Å². The number of primary amides is 1. The van der Waals surface area contributed by atoms with E-state index in [-0.39, 0.29) is 40.3 Å². The van der Waals surface area contributed by atoms with Gasteiger partial charge in [-0.2, -0.15) is 30.0 Å². The number of pyridine rings is 1. The van der Waals surface area contributed by atoms with Crippen LogP contribution in [0.5, 0.6) is 0 Å². The van der Waals surface area contributed by atoms with Crippen LogP contribution in [-0.2, 0) is 34.6 Å². The number of benzene rings is 2. The Morgan fingerprint density at radius 1 is 1.07 bits per heavy atom. The monoisotopic (exact) mass is 617 g/mol. The summed E-state index contributed by atoms with van der Waals surface area (Å²) in [6.07, 6.45) is -3.13. The van der Waals surface area contributed by atoms with Gasteiger partial charge in [-0.1, -0.05) is 12.1 Å². The van der Waals surface area contributed by atoms with Crippen molar-refractivity contribution in [1.29, 1.82) is 0 Å². The molecule has 14 heteroatoms. The maximum atomic E-state index is 14.3. The Morgan fingerprint density at radius 3 is 2.51 bits per heavy atom. The largest absolute Gasteiger partial charge is 0.435 e. The van der Waals surface area contributed by atoms with Crippen LogP contribution >= 0.6 is 11.8 Å². The highest BCUT2D eigenvalue weighted by Gasteiger charge is 2.59. The Hall–Kier alpha value is -4.33. The van der Waals surface area contributed by atoms with Crippen LogP contribution in [0.3, 0.4) is 0 Å². The molecule has 1 saturated carbocycles. The van der Waals surface area contributed by atoms with E-state index in [4.69, 9.17) is 5.73 Å². The summed E-state index contributed by atoms with van der Waals surface area (Å²) < 4.78 is 84.5. The number of nitrogens with two attached hydrogens (primary N) is 1. The molecule has 2 amide bonds. The van der Waals surface area contributed by atoms with Gasteiger partial charge in [-0.3, -0.25) is 19.3 Å². The molecular weight excluding hydrogens is 596 g/mol. The lowest BCUT2D eigenvalue weighted by atomic mass is 9.94. The first kappa shape index (κ1) is 28.8. The number of nitrogens with one attached hydrogen (secondary N) is 1. The zero-order chi connectivity index (χ0) is 30.7. The molecule has 2 atom stereocenters. The van der Waals surface area contributed by atoms with Crippen molar-refractivity contribution in [3.8, 4) is 11.1 Å². The number of alkyl halides is 3. The summed E-state index contributed by atoms with van der Waals surface area (Å²) in [6, 6.07) is 9.82. The zero-order valence-corrected chi connectivity index (χ0v) is 22.8. The van der Waals surface area contributed by atoms with Crippen molar-refractivity contribution in [2.45, 2.75) is 42.1 Å². The van der Waals surface area contributed by atoms with Crippen molar-refractivity contribution in [3.63, 3.8) is 0 Å². The Morgan fingerprint density at radius 2 is 1.81 bits per heavy atom. The number of rotatable bonds is 7. The molecule has 4 aromatic rings. The second-order valence-corrected chi connectivity index (χ2v) is 11.3. The van der Waals surface area contributed by atoms with Gasteiger partial charge in [0.05, 0.1) is 22.5 Å². The third-order valence-electron chi connectivity index (χ3n) is 7.60. The molecule has 6 rings (SSSR count). The van der Waals surface area contributed by atoms with Crippen LogP contribution in [0.15, 0.2) is 54.7 Å². The van der Waals surface area contributed by atoms with Crippen LogP contribution in [-0.4, -0.2) is 26.6 Å².